The van der Waals surface area contributed by atoms with Gasteiger partial charge < -0.3 is 14.8 Å². The molecule has 0 amide bonds. The molecular formula is C13H25NO3. The van der Waals surface area contributed by atoms with Crippen molar-refractivity contribution in [2.24, 2.45) is 11.8 Å². The molecule has 0 aromatic rings. The highest BCUT2D eigenvalue weighted by molar-refractivity contribution is 5.69. The van der Waals surface area contributed by atoms with E-state index >= 15 is 0 Å². The smallest absolute Gasteiger partial charge is 0.306 e. The topological polar surface area (TPSA) is 47.6 Å². The molecule has 0 radical (unpaired) electrons. The summed E-state index contributed by atoms with van der Waals surface area (Å²) in [5.74, 6) is 0.950. The number of rotatable bonds is 7. The Kier molecular flexibility index (Phi) is 7.21. The van der Waals surface area contributed by atoms with Crippen molar-refractivity contribution in [3.63, 3.8) is 0 Å². The fourth-order valence-corrected chi connectivity index (χ4v) is 1.91. The van der Waals surface area contributed by atoms with Gasteiger partial charge in [-0.25, -0.2) is 0 Å². The lowest BCUT2D eigenvalue weighted by Crippen LogP contribution is -2.29. The highest BCUT2D eigenvalue weighted by Gasteiger charge is 2.17. The average Bonchev–Trinajstić information content (AvgIpc) is 2.29. The molecule has 17 heavy (non-hydrogen) atoms. The Hall–Kier alpha value is -0.610. The van der Waals surface area contributed by atoms with Crippen LogP contribution in [0.5, 0.6) is 0 Å². The van der Waals surface area contributed by atoms with Crippen LogP contribution in [0, 0.1) is 11.8 Å². The van der Waals surface area contributed by atoms with Crippen LogP contribution in [0.1, 0.15) is 33.1 Å². The molecule has 0 atom stereocenters. The Morgan fingerprint density at radius 1 is 1.29 bits per heavy atom. The van der Waals surface area contributed by atoms with Gasteiger partial charge >= 0.3 is 5.97 Å². The Morgan fingerprint density at radius 3 is 2.65 bits per heavy atom. The summed E-state index contributed by atoms with van der Waals surface area (Å²) in [6.07, 6.45) is 2.73. The molecule has 0 saturated carbocycles. The molecule has 1 saturated heterocycles. The number of carbonyl (C=O) groups excluding carboxylic acids is 1. The van der Waals surface area contributed by atoms with Crippen LogP contribution in [-0.4, -0.2) is 38.9 Å². The Bertz CT molecular complexity index is 213. The van der Waals surface area contributed by atoms with Crippen LogP contribution >= 0.6 is 0 Å². The third-order valence-corrected chi connectivity index (χ3v) is 2.86. The summed E-state index contributed by atoms with van der Waals surface area (Å²) in [5, 5.41) is 3.29. The summed E-state index contributed by atoms with van der Waals surface area (Å²) in [6.45, 7) is 7.87. The van der Waals surface area contributed by atoms with Crippen LogP contribution in [0.15, 0.2) is 0 Å². The number of hydrogen-bond acceptors (Lipinski definition) is 4. The maximum absolute atomic E-state index is 11.5. The number of carbonyl (C=O) groups is 1. The minimum Gasteiger partial charge on any atom is -0.463 e. The maximum Gasteiger partial charge on any atom is 0.306 e. The monoisotopic (exact) mass is 243 g/mol. The van der Waals surface area contributed by atoms with Crippen LogP contribution < -0.4 is 5.32 Å². The molecule has 0 unspecified atom stereocenters. The molecule has 0 aliphatic carbocycles. The second-order valence-corrected chi connectivity index (χ2v) is 5.09. The lowest BCUT2D eigenvalue weighted by atomic mass is 9.95. The van der Waals surface area contributed by atoms with Crippen molar-refractivity contribution in [2.45, 2.75) is 33.1 Å². The summed E-state index contributed by atoms with van der Waals surface area (Å²) < 4.78 is 10.5. The zero-order valence-corrected chi connectivity index (χ0v) is 11.0. The molecule has 100 valence electrons. The van der Waals surface area contributed by atoms with Gasteiger partial charge in [0.2, 0.25) is 0 Å². The molecule has 1 rings (SSSR count). The first-order chi connectivity index (χ1) is 8.18. The molecule has 4 heteroatoms. The molecule has 1 fully saturated rings. The van der Waals surface area contributed by atoms with E-state index in [9.17, 15) is 4.79 Å². The predicted octanol–water partition coefficient (Wildman–Crippen LogP) is 1.59. The number of ether oxygens (including phenoxy) is 2. The molecule has 0 aromatic heterocycles. The van der Waals surface area contributed by atoms with Crippen LogP contribution in [0.4, 0.5) is 0 Å². The van der Waals surface area contributed by atoms with Gasteiger partial charge in [-0.3, -0.25) is 4.79 Å². The molecule has 0 spiro atoms. The van der Waals surface area contributed by atoms with Crippen LogP contribution in [0.3, 0.4) is 0 Å². The normalized spacial score (nSPS) is 17.4. The first kappa shape index (κ1) is 14.5. The molecular weight excluding hydrogens is 218 g/mol. The summed E-state index contributed by atoms with van der Waals surface area (Å²) in [7, 11) is 0. The summed E-state index contributed by atoms with van der Waals surface area (Å²) in [6, 6.07) is 0. The molecule has 1 aliphatic rings. The van der Waals surface area contributed by atoms with E-state index in [4.69, 9.17) is 9.47 Å². The van der Waals surface area contributed by atoms with Gasteiger partial charge in [0.15, 0.2) is 0 Å². The van der Waals surface area contributed by atoms with Crippen molar-refractivity contribution in [3.8, 4) is 0 Å². The molecule has 1 N–H and O–H groups in total. The third-order valence-electron chi connectivity index (χ3n) is 2.86. The lowest BCUT2D eigenvalue weighted by Gasteiger charge is -2.21. The van der Waals surface area contributed by atoms with E-state index in [2.05, 4.69) is 19.2 Å². The number of esters is 1. The predicted molar refractivity (Wildman–Crippen MR) is 66.8 cm³/mol. The molecule has 0 bridgehead atoms. The van der Waals surface area contributed by atoms with E-state index in [1.165, 1.54) is 0 Å². The minimum atomic E-state index is -0.0787. The SMILES string of the molecule is CC(C)COCCOC(=O)CC1CCNCC1. The van der Waals surface area contributed by atoms with Gasteiger partial charge in [0, 0.05) is 13.0 Å². The van der Waals surface area contributed by atoms with Gasteiger partial charge in [0.05, 0.1) is 6.61 Å². The van der Waals surface area contributed by atoms with Gasteiger partial charge in [-0.15, -0.1) is 0 Å². The largest absolute Gasteiger partial charge is 0.463 e. The highest BCUT2D eigenvalue weighted by Crippen LogP contribution is 2.16. The highest BCUT2D eigenvalue weighted by atomic mass is 16.6. The van der Waals surface area contributed by atoms with Crippen molar-refractivity contribution in [1.29, 1.82) is 0 Å². The maximum atomic E-state index is 11.5. The minimum absolute atomic E-state index is 0.0787. The van der Waals surface area contributed by atoms with E-state index in [0.29, 0.717) is 31.5 Å². The number of nitrogens with one attached hydrogen (secondary N) is 1. The quantitative estimate of drug-likeness (QED) is 0.545. The van der Waals surface area contributed by atoms with Gasteiger partial charge in [0.25, 0.3) is 0 Å². The first-order valence-electron chi connectivity index (χ1n) is 6.62. The van der Waals surface area contributed by atoms with Crippen LogP contribution in [0.2, 0.25) is 0 Å². The van der Waals surface area contributed by atoms with E-state index in [-0.39, 0.29) is 5.97 Å². The van der Waals surface area contributed by atoms with Crippen molar-refractivity contribution in [2.75, 3.05) is 32.9 Å². The average molecular weight is 243 g/mol. The zero-order valence-electron chi connectivity index (χ0n) is 11.0. The molecule has 1 heterocycles. The summed E-state index contributed by atoms with van der Waals surface area (Å²) >= 11 is 0. The van der Waals surface area contributed by atoms with E-state index in [0.717, 1.165) is 32.5 Å². The van der Waals surface area contributed by atoms with Gasteiger partial charge in [0.1, 0.15) is 6.61 Å². The van der Waals surface area contributed by atoms with Gasteiger partial charge in [-0.1, -0.05) is 13.8 Å². The standard InChI is InChI=1S/C13H25NO3/c1-11(2)10-16-7-8-17-13(15)9-12-3-5-14-6-4-12/h11-12,14H,3-10H2,1-2H3. The first-order valence-corrected chi connectivity index (χ1v) is 6.62. The molecule has 4 nitrogen and oxygen atoms in total. The number of piperidine rings is 1. The fourth-order valence-electron chi connectivity index (χ4n) is 1.91. The zero-order chi connectivity index (χ0) is 12.5. The van der Waals surface area contributed by atoms with E-state index in [1.807, 2.05) is 0 Å². The van der Waals surface area contributed by atoms with Crippen molar-refractivity contribution < 1.29 is 14.3 Å². The third kappa shape index (κ3) is 7.34. The van der Waals surface area contributed by atoms with Gasteiger partial charge in [-0.05, 0) is 37.8 Å². The van der Waals surface area contributed by atoms with Crippen molar-refractivity contribution >= 4 is 5.97 Å². The van der Waals surface area contributed by atoms with Gasteiger partial charge in [-0.2, -0.15) is 0 Å². The van der Waals surface area contributed by atoms with E-state index < -0.39 is 0 Å². The second kappa shape index (κ2) is 8.48. The van der Waals surface area contributed by atoms with Crippen molar-refractivity contribution in [1.82, 2.24) is 5.32 Å². The summed E-state index contributed by atoms with van der Waals surface area (Å²) in [5.41, 5.74) is 0. The fraction of sp³-hybridized carbons (Fsp3) is 0.923. The second-order valence-electron chi connectivity index (χ2n) is 5.09. The van der Waals surface area contributed by atoms with Crippen LogP contribution in [0.25, 0.3) is 0 Å². The Labute approximate surface area is 104 Å². The van der Waals surface area contributed by atoms with Crippen LogP contribution in [-0.2, 0) is 14.3 Å². The molecule has 1 aliphatic heterocycles. The Balaban J connectivity index is 1.97. The molecule has 0 aromatic carbocycles. The number of hydrogen-bond donors (Lipinski definition) is 1. The summed E-state index contributed by atoms with van der Waals surface area (Å²) in [4.78, 5) is 11.5. The van der Waals surface area contributed by atoms with E-state index in [1.54, 1.807) is 0 Å². The van der Waals surface area contributed by atoms with Crippen molar-refractivity contribution in [3.05, 3.63) is 0 Å². The Morgan fingerprint density at radius 2 is 2.00 bits per heavy atom. The lowest BCUT2D eigenvalue weighted by molar-refractivity contribution is -0.146.